The van der Waals surface area contributed by atoms with Crippen LogP contribution in [0, 0.1) is 11.8 Å². The zero-order chi connectivity index (χ0) is 16.2. The first kappa shape index (κ1) is 18.6. The second-order valence-electron chi connectivity index (χ2n) is 8.38. The maximum Gasteiger partial charge on any atom is 1.00 e. The molecule has 5 fully saturated rings. The van der Waals surface area contributed by atoms with Crippen molar-refractivity contribution in [2.24, 2.45) is 11.8 Å². The zero-order valence-corrected chi connectivity index (χ0v) is 16.4. The topological polar surface area (TPSA) is 92.7 Å². The molecule has 1 saturated heterocycles. The number of carboxylic acids is 1. The summed E-state index contributed by atoms with van der Waals surface area (Å²) in [5, 5.41) is 25.3. The monoisotopic (exact) mass is 344 g/mol. The predicted molar refractivity (Wildman–Crippen MR) is 80.1 cm³/mol. The van der Waals surface area contributed by atoms with E-state index in [9.17, 15) is 19.8 Å². The van der Waals surface area contributed by atoms with E-state index >= 15 is 0 Å². The van der Waals surface area contributed by atoms with Gasteiger partial charge in [0, 0.05) is 12.1 Å². The average Bonchev–Trinajstić information content (AvgIpc) is 2.91. The van der Waals surface area contributed by atoms with Crippen molar-refractivity contribution < 1.29 is 49.4 Å². The zero-order valence-electron chi connectivity index (χ0n) is 14.4. The van der Waals surface area contributed by atoms with Crippen LogP contribution in [-0.2, 0) is 9.59 Å². The Balaban J connectivity index is 0.00000169. The van der Waals surface area contributed by atoms with Crippen LogP contribution in [0.15, 0.2) is 0 Å². The van der Waals surface area contributed by atoms with Gasteiger partial charge in [-0.2, -0.15) is 0 Å². The molecule has 1 aliphatic heterocycles. The van der Waals surface area contributed by atoms with Crippen LogP contribution in [0.2, 0.25) is 0 Å². The maximum atomic E-state index is 12.4. The van der Waals surface area contributed by atoms with E-state index in [0.29, 0.717) is 24.8 Å². The van der Waals surface area contributed by atoms with Gasteiger partial charge in [0.25, 0.3) is 0 Å². The standard InChI is InChI=1S/C17H26N2O4.Na/c20-14(19-3-1-2-13(19)15(21)22)9-18-16-5-11-4-12(6-16)8-17(23,7-11)10-16;/h11-13,18,23H,1-10H2,(H,21,22);/q;+1/p-1/t11?,12?,13-,16?,17?;/m0./s1. The molecule has 2 unspecified atom stereocenters. The van der Waals surface area contributed by atoms with Crippen molar-refractivity contribution in [1.82, 2.24) is 10.2 Å². The molecule has 4 aliphatic carbocycles. The molecule has 0 spiro atoms. The van der Waals surface area contributed by atoms with Crippen LogP contribution in [0.1, 0.15) is 51.4 Å². The Morgan fingerprint density at radius 2 is 1.88 bits per heavy atom. The number of carboxylic acid groups (broad SMARTS) is 1. The molecule has 1 amide bonds. The van der Waals surface area contributed by atoms with Crippen molar-refractivity contribution in [2.75, 3.05) is 13.1 Å². The van der Waals surface area contributed by atoms with Crippen LogP contribution in [0.5, 0.6) is 0 Å². The summed E-state index contributed by atoms with van der Waals surface area (Å²) in [4.78, 5) is 25.0. The number of carbonyl (C=O) groups excluding carboxylic acids is 2. The molecule has 0 aromatic heterocycles. The van der Waals surface area contributed by atoms with Gasteiger partial charge in [-0.3, -0.25) is 4.79 Å². The van der Waals surface area contributed by atoms with Crippen LogP contribution < -0.4 is 40.0 Å². The summed E-state index contributed by atoms with van der Waals surface area (Å²) >= 11 is 0. The van der Waals surface area contributed by atoms with Gasteiger partial charge in [0.1, 0.15) is 0 Å². The Morgan fingerprint density at radius 1 is 1.21 bits per heavy atom. The molecule has 7 heteroatoms. The third-order valence-electron chi connectivity index (χ3n) is 6.49. The Hall–Kier alpha value is -0.140. The Bertz CT molecular complexity index is 527. The molecule has 4 saturated carbocycles. The number of carbonyl (C=O) groups is 2. The third-order valence-corrected chi connectivity index (χ3v) is 6.49. The van der Waals surface area contributed by atoms with E-state index < -0.39 is 17.6 Å². The summed E-state index contributed by atoms with van der Waals surface area (Å²) in [5.74, 6) is -0.183. The number of nitrogens with one attached hydrogen (secondary N) is 1. The fourth-order valence-electron chi connectivity index (χ4n) is 6.10. The molecule has 3 atom stereocenters. The minimum atomic E-state index is -1.15. The van der Waals surface area contributed by atoms with Crippen LogP contribution in [0.4, 0.5) is 0 Å². The number of nitrogens with zero attached hydrogens (tertiary/aromatic N) is 1. The van der Waals surface area contributed by atoms with Gasteiger partial charge >= 0.3 is 29.6 Å². The normalized spacial score (nSPS) is 42.9. The second kappa shape index (κ2) is 6.54. The molecule has 0 aromatic carbocycles. The number of amides is 1. The van der Waals surface area contributed by atoms with Crippen molar-refractivity contribution >= 4 is 11.9 Å². The molecule has 2 N–H and O–H groups in total. The van der Waals surface area contributed by atoms with E-state index in [-0.39, 0.29) is 47.5 Å². The maximum absolute atomic E-state index is 12.4. The smallest absolute Gasteiger partial charge is 0.548 e. The SMILES string of the molecule is O=C([O-])[C@@H]1CCCN1C(=O)CNC12CC3CC(CC(O)(C3)C1)C2.[Na+]. The summed E-state index contributed by atoms with van der Waals surface area (Å²) in [6.07, 6.45) is 7.01. The largest absolute Gasteiger partial charge is 1.00 e. The number of hydrogen-bond acceptors (Lipinski definition) is 5. The van der Waals surface area contributed by atoms with Crippen molar-refractivity contribution in [1.29, 1.82) is 0 Å². The van der Waals surface area contributed by atoms with E-state index in [1.54, 1.807) is 0 Å². The van der Waals surface area contributed by atoms with E-state index in [0.717, 1.165) is 38.5 Å². The molecule has 0 aromatic rings. The molecule has 4 bridgehead atoms. The first-order valence-electron chi connectivity index (χ1n) is 8.86. The third kappa shape index (κ3) is 3.28. The first-order valence-corrected chi connectivity index (χ1v) is 8.86. The molecule has 1 heterocycles. The minimum absolute atomic E-state index is 0. The van der Waals surface area contributed by atoms with E-state index in [4.69, 9.17) is 0 Å². The first-order chi connectivity index (χ1) is 10.9. The van der Waals surface area contributed by atoms with Crippen molar-refractivity contribution in [3.63, 3.8) is 0 Å². The molecule has 0 radical (unpaired) electrons. The minimum Gasteiger partial charge on any atom is -0.548 e. The number of hydrogen-bond donors (Lipinski definition) is 2. The molecule has 5 rings (SSSR count). The van der Waals surface area contributed by atoms with Gasteiger partial charge < -0.3 is 25.2 Å². The average molecular weight is 344 g/mol. The Morgan fingerprint density at radius 3 is 2.46 bits per heavy atom. The number of likely N-dealkylation sites (tertiary alicyclic amines) is 1. The summed E-state index contributed by atoms with van der Waals surface area (Å²) < 4.78 is 0. The van der Waals surface area contributed by atoms with Crippen LogP contribution in [-0.4, -0.2) is 52.2 Å². The summed E-state index contributed by atoms with van der Waals surface area (Å²) in [7, 11) is 0. The Labute approximate surface area is 164 Å². The predicted octanol–water partition coefficient (Wildman–Crippen LogP) is -3.60. The number of aliphatic hydroxyl groups is 1. The van der Waals surface area contributed by atoms with Crippen LogP contribution in [0.3, 0.4) is 0 Å². The molecule has 24 heavy (non-hydrogen) atoms. The van der Waals surface area contributed by atoms with Gasteiger partial charge in [-0.25, -0.2) is 0 Å². The number of rotatable bonds is 4. The van der Waals surface area contributed by atoms with E-state index in [2.05, 4.69) is 5.32 Å². The molecular formula is C17H25N2NaO4. The summed E-state index contributed by atoms with van der Waals surface area (Å²) in [6.45, 7) is 0.667. The van der Waals surface area contributed by atoms with Gasteiger partial charge in [-0.05, 0) is 63.2 Å². The fourth-order valence-corrected chi connectivity index (χ4v) is 6.10. The van der Waals surface area contributed by atoms with Crippen molar-refractivity contribution in [3.8, 4) is 0 Å². The fraction of sp³-hybridized carbons (Fsp3) is 0.882. The summed E-state index contributed by atoms with van der Waals surface area (Å²) in [5.41, 5.74) is -0.688. The van der Waals surface area contributed by atoms with Gasteiger partial charge in [0.15, 0.2) is 0 Å². The van der Waals surface area contributed by atoms with E-state index in [1.807, 2.05) is 0 Å². The molecule has 6 nitrogen and oxygen atoms in total. The quantitative estimate of drug-likeness (QED) is 0.514. The summed E-state index contributed by atoms with van der Waals surface area (Å²) in [6, 6.07) is -0.773. The molecular weight excluding hydrogens is 319 g/mol. The van der Waals surface area contributed by atoms with E-state index in [1.165, 1.54) is 11.3 Å². The molecule has 128 valence electrons. The van der Waals surface area contributed by atoms with Crippen LogP contribution in [0.25, 0.3) is 0 Å². The van der Waals surface area contributed by atoms with Crippen molar-refractivity contribution in [2.45, 2.75) is 68.5 Å². The molecule has 5 aliphatic rings. The number of aliphatic carboxylic acids is 1. The Kier molecular flexibility index (Phi) is 5.08. The van der Waals surface area contributed by atoms with Gasteiger partial charge in [0.05, 0.1) is 24.2 Å². The van der Waals surface area contributed by atoms with Crippen LogP contribution >= 0.6 is 0 Å². The second-order valence-corrected chi connectivity index (χ2v) is 8.38. The van der Waals surface area contributed by atoms with Gasteiger partial charge in [-0.1, -0.05) is 0 Å². The van der Waals surface area contributed by atoms with Gasteiger partial charge in [0.2, 0.25) is 5.91 Å². The van der Waals surface area contributed by atoms with Gasteiger partial charge in [-0.15, -0.1) is 0 Å². The van der Waals surface area contributed by atoms with Crippen molar-refractivity contribution in [3.05, 3.63) is 0 Å².